The van der Waals surface area contributed by atoms with Gasteiger partial charge in [-0.15, -0.1) is 0 Å². The van der Waals surface area contributed by atoms with Crippen molar-refractivity contribution >= 4 is 11.7 Å². The molecule has 0 radical (unpaired) electrons. The quantitative estimate of drug-likeness (QED) is 0.884. The van der Waals surface area contributed by atoms with E-state index in [-0.39, 0.29) is 5.92 Å². The van der Waals surface area contributed by atoms with Crippen molar-refractivity contribution in [3.05, 3.63) is 23.9 Å². The number of carbonyl (C=O) groups excluding carboxylic acids is 1. The number of piperazine rings is 1. The molecular formula is C18H29N5O. The molecule has 6 heteroatoms. The molecule has 6 nitrogen and oxygen atoms in total. The van der Waals surface area contributed by atoms with Gasteiger partial charge in [0.15, 0.2) is 0 Å². The first-order valence-electron chi connectivity index (χ1n) is 8.97. The van der Waals surface area contributed by atoms with E-state index < -0.39 is 0 Å². The third-order valence-electron chi connectivity index (χ3n) is 4.91. The molecule has 1 N–H and O–H groups in total. The molecule has 0 aliphatic carbocycles. The molecule has 0 aromatic carbocycles. The van der Waals surface area contributed by atoms with Crippen LogP contribution in [0.3, 0.4) is 0 Å². The third kappa shape index (κ3) is 4.24. The normalized spacial score (nSPS) is 19.8. The molecule has 3 rings (SSSR count). The first-order valence-corrected chi connectivity index (χ1v) is 8.97. The first kappa shape index (κ1) is 17.2. The SMILES string of the molecule is CN(C)Cc1ccc(N2CCN(C(=O)C3CCNCC3)CC2)nc1. The van der Waals surface area contributed by atoms with Crippen LogP contribution in [0.1, 0.15) is 18.4 Å². The number of hydrogen-bond acceptors (Lipinski definition) is 5. The van der Waals surface area contributed by atoms with Crippen LogP contribution < -0.4 is 10.2 Å². The molecule has 2 saturated heterocycles. The third-order valence-corrected chi connectivity index (χ3v) is 4.91. The summed E-state index contributed by atoms with van der Waals surface area (Å²) in [7, 11) is 4.12. The highest BCUT2D eigenvalue weighted by Crippen LogP contribution is 2.19. The van der Waals surface area contributed by atoms with Crippen molar-refractivity contribution in [3.63, 3.8) is 0 Å². The molecular weight excluding hydrogens is 302 g/mol. The maximum Gasteiger partial charge on any atom is 0.225 e. The smallest absolute Gasteiger partial charge is 0.225 e. The summed E-state index contributed by atoms with van der Waals surface area (Å²) in [5, 5.41) is 3.33. The zero-order valence-corrected chi connectivity index (χ0v) is 14.9. The average molecular weight is 331 g/mol. The summed E-state index contributed by atoms with van der Waals surface area (Å²) >= 11 is 0. The minimum atomic E-state index is 0.223. The lowest BCUT2D eigenvalue weighted by Gasteiger charge is -2.37. The van der Waals surface area contributed by atoms with Crippen LogP contribution in [0, 0.1) is 5.92 Å². The zero-order valence-electron chi connectivity index (χ0n) is 14.9. The van der Waals surface area contributed by atoms with Gasteiger partial charge in [-0.25, -0.2) is 4.98 Å². The molecule has 0 unspecified atom stereocenters. The summed E-state index contributed by atoms with van der Waals surface area (Å²) in [6, 6.07) is 4.25. The summed E-state index contributed by atoms with van der Waals surface area (Å²) in [5.74, 6) is 1.60. The molecule has 1 amide bonds. The highest BCUT2D eigenvalue weighted by molar-refractivity contribution is 5.79. The van der Waals surface area contributed by atoms with Gasteiger partial charge in [-0.05, 0) is 51.7 Å². The van der Waals surface area contributed by atoms with Crippen molar-refractivity contribution in [2.45, 2.75) is 19.4 Å². The number of amides is 1. The topological polar surface area (TPSA) is 51.7 Å². The van der Waals surface area contributed by atoms with Crippen LogP contribution in [-0.4, -0.2) is 74.1 Å². The Morgan fingerprint density at radius 1 is 1.21 bits per heavy atom. The lowest BCUT2D eigenvalue weighted by Crippen LogP contribution is -2.51. The summed E-state index contributed by atoms with van der Waals surface area (Å²) in [6.45, 7) is 6.21. The van der Waals surface area contributed by atoms with E-state index in [0.717, 1.165) is 64.5 Å². The fraction of sp³-hybridized carbons (Fsp3) is 0.667. The van der Waals surface area contributed by atoms with E-state index in [1.807, 2.05) is 11.1 Å². The van der Waals surface area contributed by atoms with Gasteiger partial charge in [-0.2, -0.15) is 0 Å². The van der Waals surface area contributed by atoms with Gasteiger partial charge in [-0.1, -0.05) is 6.07 Å². The van der Waals surface area contributed by atoms with Crippen LogP contribution in [-0.2, 0) is 11.3 Å². The van der Waals surface area contributed by atoms with Crippen molar-refractivity contribution < 1.29 is 4.79 Å². The van der Waals surface area contributed by atoms with Gasteiger partial charge in [0.25, 0.3) is 0 Å². The largest absolute Gasteiger partial charge is 0.353 e. The summed E-state index contributed by atoms with van der Waals surface area (Å²) < 4.78 is 0. The maximum absolute atomic E-state index is 12.6. The highest BCUT2D eigenvalue weighted by Gasteiger charge is 2.28. The van der Waals surface area contributed by atoms with Gasteiger partial charge in [0.1, 0.15) is 5.82 Å². The fourth-order valence-corrected chi connectivity index (χ4v) is 3.55. The van der Waals surface area contributed by atoms with Crippen LogP contribution >= 0.6 is 0 Å². The monoisotopic (exact) mass is 331 g/mol. The van der Waals surface area contributed by atoms with Gasteiger partial charge in [-0.3, -0.25) is 4.79 Å². The van der Waals surface area contributed by atoms with Gasteiger partial charge in [0, 0.05) is 44.8 Å². The molecule has 2 aliphatic heterocycles. The van der Waals surface area contributed by atoms with Crippen molar-refractivity contribution in [2.24, 2.45) is 5.92 Å². The summed E-state index contributed by atoms with van der Waals surface area (Å²) in [5.41, 5.74) is 1.23. The van der Waals surface area contributed by atoms with E-state index >= 15 is 0 Å². The highest BCUT2D eigenvalue weighted by atomic mass is 16.2. The van der Waals surface area contributed by atoms with Crippen LogP contribution in [0.4, 0.5) is 5.82 Å². The van der Waals surface area contributed by atoms with E-state index in [0.29, 0.717) is 5.91 Å². The Hall–Kier alpha value is -1.66. The molecule has 3 heterocycles. The standard InChI is InChI=1S/C18H29N5O/c1-21(2)14-15-3-4-17(20-13-15)22-9-11-23(12-10-22)18(24)16-5-7-19-8-6-16/h3-4,13,16,19H,5-12,14H2,1-2H3. The Kier molecular flexibility index (Phi) is 5.68. The number of aromatic nitrogens is 1. The lowest BCUT2D eigenvalue weighted by molar-refractivity contribution is -0.136. The van der Waals surface area contributed by atoms with Crippen LogP contribution in [0.25, 0.3) is 0 Å². The molecule has 1 aromatic heterocycles. The van der Waals surface area contributed by atoms with E-state index in [2.05, 4.69) is 46.3 Å². The Bertz CT molecular complexity index is 531. The molecule has 0 atom stereocenters. The molecule has 0 bridgehead atoms. The van der Waals surface area contributed by atoms with E-state index in [4.69, 9.17) is 0 Å². The molecule has 132 valence electrons. The number of piperidine rings is 1. The minimum absolute atomic E-state index is 0.223. The van der Waals surface area contributed by atoms with E-state index in [1.165, 1.54) is 5.56 Å². The van der Waals surface area contributed by atoms with E-state index in [9.17, 15) is 4.79 Å². The molecule has 24 heavy (non-hydrogen) atoms. The Balaban J connectivity index is 1.52. The lowest BCUT2D eigenvalue weighted by atomic mass is 9.96. The predicted octanol–water partition coefficient (Wildman–Crippen LogP) is 0.791. The summed E-state index contributed by atoms with van der Waals surface area (Å²) in [6.07, 6.45) is 3.92. The van der Waals surface area contributed by atoms with Gasteiger partial charge < -0.3 is 20.0 Å². The number of nitrogens with zero attached hydrogens (tertiary/aromatic N) is 4. The Morgan fingerprint density at radius 3 is 2.50 bits per heavy atom. The fourth-order valence-electron chi connectivity index (χ4n) is 3.55. The van der Waals surface area contributed by atoms with Crippen LogP contribution in [0.15, 0.2) is 18.3 Å². The second-order valence-corrected chi connectivity index (χ2v) is 7.10. The molecule has 0 saturated carbocycles. The van der Waals surface area contributed by atoms with E-state index in [1.54, 1.807) is 0 Å². The zero-order chi connectivity index (χ0) is 16.9. The Morgan fingerprint density at radius 2 is 1.92 bits per heavy atom. The average Bonchev–Trinajstić information content (AvgIpc) is 2.62. The maximum atomic E-state index is 12.6. The minimum Gasteiger partial charge on any atom is -0.353 e. The van der Waals surface area contributed by atoms with Gasteiger partial charge in [0.2, 0.25) is 5.91 Å². The molecule has 2 aliphatic rings. The number of nitrogens with one attached hydrogen (secondary N) is 1. The van der Waals surface area contributed by atoms with Crippen molar-refractivity contribution in [3.8, 4) is 0 Å². The number of carbonyl (C=O) groups is 1. The Labute approximate surface area is 144 Å². The molecule has 0 spiro atoms. The second kappa shape index (κ2) is 7.94. The molecule has 1 aromatic rings. The van der Waals surface area contributed by atoms with Crippen molar-refractivity contribution in [1.29, 1.82) is 0 Å². The van der Waals surface area contributed by atoms with Crippen LogP contribution in [0.2, 0.25) is 0 Å². The number of rotatable bonds is 4. The van der Waals surface area contributed by atoms with Gasteiger partial charge in [0.05, 0.1) is 0 Å². The number of pyridine rings is 1. The number of hydrogen-bond donors (Lipinski definition) is 1. The van der Waals surface area contributed by atoms with Gasteiger partial charge >= 0.3 is 0 Å². The second-order valence-electron chi connectivity index (χ2n) is 7.10. The first-order chi connectivity index (χ1) is 11.6. The molecule has 2 fully saturated rings. The summed E-state index contributed by atoms with van der Waals surface area (Å²) in [4.78, 5) is 23.7. The number of anilines is 1. The predicted molar refractivity (Wildman–Crippen MR) is 96.0 cm³/mol. The van der Waals surface area contributed by atoms with Crippen molar-refractivity contribution in [1.82, 2.24) is 20.1 Å². The van der Waals surface area contributed by atoms with Crippen molar-refractivity contribution in [2.75, 3.05) is 58.3 Å². The van der Waals surface area contributed by atoms with Crippen LogP contribution in [0.5, 0.6) is 0 Å².